The van der Waals surface area contributed by atoms with Crippen LogP contribution in [0.1, 0.15) is 31.2 Å². The number of aromatic nitrogens is 2. The van der Waals surface area contributed by atoms with Crippen LogP contribution in [-0.2, 0) is 17.8 Å². The highest BCUT2D eigenvalue weighted by Gasteiger charge is 2.09. The van der Waals surface area contributed by atoms with Gasteiger partial charge in [0.1, 0.15) is 0 Å². The number of morpholine rings is 1. The number of rotatable bonds is 8. The Kier molecular flexibility index (Phi) is 6.50. The van der Waals surface area contributed by atoms with Crippen LogP contribution in [0, 0.1) is 6.92 Å². The predicted octanol–water partition coefficient (Wildman–Crippen LogP) is 1.41. The minimum absolute atomic E-state index is 0.892. The molecule has 0 radical (unpaired) electrons. The summed E-state index contributed by atoms with van der Waals surface area (Å²) in [5.41, 5.74) is 2.42. The third kappa shape index (κ3) is 4.89. The van der Waals surface area contributed by atoms with Crippen molar-refractivity contribution in [1.82, 2.24) is 20.0 Å². The van der Waals surface area contributed by atoms with Gasteiger partial charge in [0.2, 0.25) is 0 Å². The number of ether oxygens (including phenoxy) is 1. The van der Waals surface area contributed by atoms with Gasteiger partial charge >= 0.3 is 0 Å². The summed E-state index contributed by atoms with van der Waals surface area (Å²) in [5, 5.41) is 8.06. The molecule has 2 rings (SSSR count). The lowest BCUT2D eigenvalue weighted by Gasteiger charge is -2.26. The molecular weight excluding hydrogens is 252 g/mol. The highest BCUT2D eigenvalue weighted by atomic mass is 16.5. The number of hydrogen-bond acceptors (Lipinski definition) is 4. The van der Waals surface area contributed by atoms with Crippen molar-refractivity contribution in [3.8, 4) is 0 Å². The second-order valence-corrected chi connectivity index (χ2v) is 5.48. The molecule has 5 heteroatoms. The van der Waals surface area contributed by atoms with Gasteiger partial charge in [-0.1, -0.05) is 6.92 Å². The minimum Gasteiger partial charge on any atom is -0.379 e. The summed E-state index contributed by atoms with van der Waals surface area (Å²) in [4.78, 5) is 2.48. The first kappa shape index (κ1) is 15.5. The largest absolute Gasteiger partial charge is 0.379 e. The molecule has 0 unspecified atom stereocenters. The van der Waals surface area contributed by atoms with Crippen molar-refractivity contribution in [1.29, 1.82) is 0 Å². The van der Waals surface area contributed by atoms with Crippen molar-refractivity contribution in [2.24, 2.45) is 0 Å². The Bertz CT molecular complexity index is 385. The maximum atomic E-state index is 5.36. The number of aryl methyl sites for hydroxylation is 2. The molecule has 0 bridgehead atoms. The van der Waals surface area contributed by atoms with Crippen molar-refractivity contribution >= 4 is 0 Å². The molecule has 0 atom stereocenters. The SMILES string of the molecule is CCCn1nc(C)cc1CNCCCN1CCOCC1. The highest BCUT2D eigenvalue weighted by Crippen LogP contribution is 2.04. The van der Waals surface area contributed by atoms with Crippen LogP contribution in [0.15, 0.2) is 6.07 Å². The van der Waals surface area contributed by atoms with E-state index in [1.807, 2.05) is 0 Å². The van der Waals surface area contributed by atoms with E-state index in [1.165, 1.54) is 18.7 Å². The summed E-state index contributed by atoms with van der Waals surface area (Å²) in [7, 11) is 0. The van der Waals surface area contributed by atoms with Gasteiger partial charge in [0.05, 0.1) is 24.6 Å². The van der Waals surface area contributed by atoms with Gasteiger partial charge in [0.25, 0.3) is 0 Å². The topological polar surface area (TPSA) is 42.3 Å². The standard InChI is InChI=1S/C15H28N4O/c1-3-6-19-15(12-14(2)17-19)13-16-5-4-7-18-8-10-20-11-9-18/h12,16H,3-11,13H2,1-2H3. The fourth-order valence-corrected chi connectivity index (χ4v) is 2.62. The molecule has 20 heavy (non-hydrogen) atoms. The first-order valence-electron chi connectivity index (χ1n) is 7.83. The lowest BCUT2D eigenvalue weighted by molar-refractivity contribution is 0.0374. The molecule has 0 spiro atoms. The van der Waals surface area contributed by atoms with Crippen LogP contribution < -0.4 is 5.32 Å². The van der Waals surface area contributed by atoms with Gasteiger partial charge in [-0.25, -0.2) is 0 Å². The van der Waals surface area contributed by atoms with Gasteiger partial charge in [0, 0.05) is 26.2 Å². The number of nitrogens with zero attached hydrogens (tertiary/aromatic N) is 3. The molecule has 0 aliphatic carbocycles. The second kappa shape index (κ2) is 8.39. The lowest BCUT2D eigenvalue weighted by Crippen LogP contribution is -2.37. The fourth-order valence-electron chi connectivity index (χ4n) is 2.62. The zero-order valence-corrected chi connectivity index (χ0v) is 12.9. The van der Waals surface area contributed by atoms with Crippen LogP contribution in [0.2, 0.25) is 0 Å². The van der Waals surface area contributed by atoms with E-state index in [4.69, 9.17) is 4.74 Å². The zero-order valence-electron chi connectivity index (χ0n) is 12.9. The first-order chi connectivity index (χ1) is 9.79. The molecular formula is C15H28N4O. The molecule has 1 fully saturated rings. The van der Waals surface area contributed by atoms with E-state index in [-0.39, 0.29) is 0 Å². The molecule has 1 N–H and O–H groups in total. The lowest BCUT2D eigenvalue weighted by atomic mass is 10.3. The average Bonchev–Trinajstić information content (AvgIpc) is 2.80. The molecule has 0 aromatic carbocycles. The highest BCUT2D eigenvalue weighted by molar-refractivity contribution is 5.08. The molecule has 5 nitrogen and oxygen atoms in total. The Morgan fingerprint density at radius 1 is 1.30 bits per heavy atom. The summed E-state index contributed by atoms with van der Waals surface area (Å²) >= 11 is 0. The summed E-state index contributed by atoms with van der Waals surface area (Å²) < 4.78 is 7.49. The Balaban J connectivity index is 1.62. The molecule has 1 aliphatic rings. The van der Waals surface area contributed by atoms with Gasteiger partial charge in [-0.3, -0.25) is 9.58 Å². The Morgan fingerprint density at radius 2 is 2.10 bits per heavy atom. The third-order valence-corrected chi connectivity index (χ3v) is 3.66. The van der Waals surface area contributed by atoms with Crippen molar-refractivity contribution in [3.63, 3.8) is 0 Å². The average molecular weight is 280 g/mol. The van der Waals surface area contributed by atoms with Crippen LogP contribution in [0.25, 0.3) is 0 Å². The van der Waals surface area contributed by atoms with Gasteiger partial charge in [-0.15, -0.1) is 0 Å². The molecule has 0 amide bonds. The maximum Gasteiger partial charge on any atom is 0.0597 e. The van der Waals surface area contributed by atoms with E-state index in [0.717, 1.165) is 58.1 Å². The quantitative estimate of drug-likeness (QED) is 0.731. The summed E-state index contributed by atoms with van der Waals surface area (Å²) in [6, 6.07) is 2.19. The monoisotopic (exact) mass is 280 g/mol. The van der Waals surface area contributed by atoms with Crippen LogP contribution in [0.5, 0.6) is 0 Å². The summed E-state index contributed by atoms with van der Waals surface area (Å²) in [6.07, 6.45) is 2.33. The van der Waals surface area contributed by atoms with E-state index in [9.17, 15) is 0 Å². The molecule has 1 aromatic rings. The molecule has 114 valence electrons. The Labute approximate surface area is 122 Å². The number of nitrogens with one attached hydrogen (secondary N) is 1. The van der Waals surface area contributed by atoms with Crippen LogP contribution in [-0.4, -0.2) is 54.1 Å². The third-order valence-electron chi connectivity index (χ3n) is 3.66. The van der Waals surface area contributed by atoms with Crippen LogP contribution >= 0.6 is 0 Å². The Hall–Kier alpha value is -0.910. The first-order valence-corrected chi connectivity index (χ1v) is 7.83. The Morgan fingerprint density at radius 3 is 2.85 bits per heavy atom. The van der Waals surface area contributed by atoms with E-state index in [1.54, 1.807) is 0 Å². The van der Waals surface area contributed by atoms with Crippen LogP contribution in [0.3, 0.4) is 0 Å². The minimum atomic E-state index is 0.892. The van der Waals surface area contributed by atoms with E-state index < -0.39 is 0 Å². The van der Waals surface area contributed by atoms with Gasteiger partial charge in [0.15, 0.2) is 0 Å². The van der Waals surface area contributed by atoms with E-state index in [2.05, 4.69) is 39.9 Å². The maximum absolute atomic E-state index is 5.36. The van der Waals surface area contributed by atoms with Gasteiger partial charge in [-0.05, 0) is 38.9 Å². The molecule has 2 heterocycles. The molecule has 1 aliphatic heterocycles. The fraction of sp³-hybridized carbons (Fsp3) is 0.800. The van der Waals surface area contributed by atoms with Gasteiger partial charge in [-0.2, -0.15) is 5.10 Å². The number of hydrogen-bond donors (Lipinski definition) is 1. The summed E-state index contributed by atoms with van der Waals surface area (Å²) in [5.74, 6) is 0. The van der Waals surface area contributed by atoms with E-state index >= 15 is 0 Å². The smallest absolute Gasteiger partial charge is 0.0597 e. The van der Waals surface area contributed by atoms with Crippen LogP contribution in [0.4, 0.5) is 0 Å². The summed E-state index contributed by atoms with van der Waals surface area (Å²) in [6.45, 7) is 12.4. The zero-order chi connectivity index (χ0) is 14.2. The van der Waals surface area contributed by atoms with Crippen molar-refractivity contribution < 1.29 is 4.74 Å². The molecule has 1 saturated heterocycles. The van der Waals surface area contributed by atoms with E-state index in [0.29, 0.717) is 0 Å². The van der Waals surface area contributed by atoms with Crippen molar-refractivity contribution in [2.45, 2.75) is 39.8 Å². The molecule has 1 aromatic heterocycles. The van der Waals surface area contributed by atoms with Crippen molar-refractivity contribution in [2.75, 3.05) is 39.4 Å². The van der Waals surface area contributed by atoms with Gasteiger partial charge < -0.3 is 10.1 Å². The molecule has 0 saturated carbocycles. The van der Waals surface area contributed by atoms with Crippen molar-refractivity contribution in [3.05, 3.63) is 17.5 Å². The normalized spacial score (nSPS) is 16.7. The second-order valence-electron chi connectivity index (χ2n) is 5.48. The predicted molar refractivity (Wildman–Crippen MR) is 80.8 cm³/mol.